The molecule has 0 unspecified atom stereocenters. The molecule has 25 rings (SSSR count). The molecule has 0 bridgehead atoms. The van der Waals surface area contributed by atoms with E-state index in [2.05, 4.69) is 376 Å². The molecular weight excluding hydrogens is 1270 g/mol. The van der Waals surface area contributed by atoms with Gasteiger partial charge in [-0.15, -0.1) is 0 Å². The summed E-state index contributed by atoms with van der Waals surface area (Å²) in [5.74, 6) is 0. The van der Waals surface area contributed by atoms with Gasteiger partial charge in [0.15, 0.2) is 0 Å². The molecule has 0 heterocycles. The molecule has 0 radical (unpaired) electrons. The Morgan fingerprint density at radius 2 is 0.453 bits per heavy atom. The summed E-state index contributed by atoms with van der Waals surface area (Å²) >= 11 is 0. The normalized spacial score (nSPS) is 12.5. The topological polar surface area (TPSA) is 0 Å². The van der Waals surface area contributed by atoms with Crippen LogP contribution in [-0.2, 0) is 38.5 Å². The lowest BCUT2D eigenvalue weighted by Gasteiger charge is -2.12. The van der Waals surface area contributed by atoms with E-state index in [-0.39, 0.29) is 0 Å². The van der Waals surface area contributed by atoms with Crippen molar-refractivity contribution in [2.45, 2.75) is 38.5 Å². The molecule has 0 N–H and O–H groups in total. The molecule has 0 aromatic heterocycles. The van der Waals surface area contributed by atoms with Gasteiger partial charge in [-0.1, -0.05) is 370 Å². The maximum Gasteiger partial charge on any atom is -0.000705 e. The zero-order valence-electron chi connectivity index (χ0n) is 59.0. The third kappa shape index (κ3) is 11.1. The molecular formula is C106H74. The highest BCUT2D eigenvalue weighted by Gasteiger charge is 2.26. The highest BCUT2D eigenvalue weighted by Crippen LogP contribution is 2.48. The van der Waals surface area contributed by atoms with Gasteiger partial charge in [-0.3, -0.25) is 0 Å². The van der Waals surface area contributed by atoms with E-state index < -0.39 is 0 Å². The van der Waals surface area contributed by atoms with E-state index >= 15 is 0 Å². The van der Waals surface area contributed by atoms with Crippen LogP contribution in [0.1, 0.15) is 66.8 Å². The SMILES string of the molecule is c1ccc2c(c1)Cc1c-2c2ccccc2c2ccccc12.c1ccc2c(c1)Cc1c-2ccc2ccc3ccccc3c12.c1ccc2c(c1)Cc1c-2ccc2ccccc12.c1ccc2c(c1)Cc1cc3ccccc3cc1-2.c1ccc2c(c1)Cc1ccc3ccccc3c1-2.c1ccc2c(c1)Cc1ccccc1-2. The molecule has 19 aromatic carbocycles. The summed E-state index contributed by atoms with van der Waals surface area (Å²) in [4.78, 5) is 0. The minimum Gasteiger partial charge on any atom is -0.0619 e. The Balaban J connectivity index is 0.0000000847. The Morgan fingerprint density at radius 3 is 1.05 bits per heavy atom. The number of hydrogen-bond acceptors (Lipinski definition) is 0. The third-order valence-corrected chi connectivity index (χ3v) is 23.2. The van der Waals surface area contributed by atoms with E-state index in [1.807, 2.05) is 0 Å². The summed E-state index contributed by atoms with van der Waals surface area (Å²) < 4.78 is 0. The van der Waals surface area contributed by atoms with Crippen LogP contribution in [0.5, 0.6) is 0 Å². The first-order valence-corrected chi connectivity index (χ1v) is 37.5. The first kappa shape index (κ1) is 62.8. The molecule has 0 aliphatic heterocycles. The smallest absolute Gasteiger partial charge is 0.000705 e. The van der Waals surface area contributed by atoms with Crippen molar-refractivity contribution in [1.29, 1.82) is 0 Å². The van der Waals surface area contributed by atoms with Crippen molar-refractivity contribution in [2.24, 2.45) is 0 Å². The van der Waals surface area contributed by atoms with Crippen molar-refractivity contribution in [3.63, 3.8) is 0 Å². The van der Waals surface area contributed by atoms with Crippen LogP contribution in [0.25, 0.3) is 142 Å². The minimum atomic E-state index is 1.05. The van der Waals surface area contributed by atoms with E-state index in [4.69, 9.17) is 0 Å². The predicted molar refractivity (Wildman–Crippen MR) is 451 cm³/mol. The first-order chi connectivity index (χ1) is 52.6. The summed E-state index contributed by atoms with van der Waals surface area (Å²) in [6.45, 7) is 0. The maximum atomic E-state index is 2.34. The zero-order chi connectivity index (χ0) is 70.0. The quantitative estimate of drug-likeness (QED) is 0.133. The van der Waals surface area contributed by atoms with E-state index in [0.29, 0.717) is 0 Å². The fourth-order valence-corrected chi connectivity index (χ4v) is 18.3. The van der Waals surface area contributed by atoms with Gasteiger partial charge in [0.05, 0.1) is 0 Å². The van der Waals surface area contributed by atoms with E-state index in [9.17, 15) is 0 Å². The van der Waals surface area contributed by atoms with Gasteiger partial charge in [-0.2, -0.15) is 0 Å². The maximum absolute atomic E-state index is 2.34. The highest BCUT2D eigenvalue weighted by atomic mass is 14.3. The molecule has 0 amide bonds. The average Bonchev–Trinajstić information content (AvgIpc) is 1.53. The van der Waals surface area contributed by atoms with Crippen molar-refractivity contribution in [2.75, 3.05) is 0 Å². The molecule has 6 aliphatic rings. The third-order valence-electron chi connectivity index (χ3n) is 23.2. The Morgan fingerprint density at radius 1 is 0.132 bits per heavy atom. The number of benzene rings is 19. The Bertz CT molecular complexity index is 6650. The van der Waals surface area contributed by atoms with Crippen LogP contribution in [0.3, 0.4) is 0 Å². The van der Waals surface area contributed by atoms with Gasteiger partial charge in [0, 0.05) is 0 Å². The van der Waals surface area contributed by atoms with Gasteiger partial charge < -0.3 is 0 Å². The number of rotatable bonds is 0. The zero-order valence-corrected chi connectivity index (χ0v) is 59.0. The molecule has 0 heteroatoms. The summed E-state index contributed by atoms with van der Waals surface area (Å²) in [5, 5.41) is 19.2. The molecule has 0 saturated heterocycles. The molecule has 19 aromatic rings. The Labute approximate surface area is 619 Å². The second-order valence-electron chi connectivity index (χ2n) is 29.1. The molecule has 498 valence electrons. The van der Waals surface area contributed by atoms with E-state index in [1.54, 1.807) is 0 Å². The van der Waals surface area contributed by atoms with Crippen molar-refractivity contribution in [3.8, 4) is 66.8 Å². The fraction of sp³-hybridized carbons (Fsp3) is 0.0566. The second-order valence-corrected chi connectivity index (χ2v) is 29.1. The molecule has 6 aliphatic carbocycles. The Kier molecular flexibility index (Phi) is 15.8. The summed E-state index contributed by atoms with van der Waals surface area (Å²) in [7, 11) is 0. The highest BCUT2D eigenvalue weighted by molar-refractivity contribution is 6.17. The van der Waals surface area contributed by atoms with Crippen molar-refractivity contribution in [3.05, 3.63) is 443 Å². The fourth-order valence-electron chi connectivity index (χ4n) is 18.3. The monoisotopic (exact) mass is 1350 g/mol. The van der Waals surface area contributed by atoms with Gasteiger partial charge in [-0.05, 0) is 254 Å². The molecule has 0 atom stereocenters. The molecule has 106 heavy (non-hydrogen) atoms. The standard InChI is InChI=1S/2C21H14.3C17H12.C13H10/c1-4-8-18-14(5-1)9-10-15-11-12-19-17-7-3-2-6-16(17)13-20(19)21(15)18;1-2-8-15-14(7-1)13-20-18-11-4-3-9-16(18)17-10-5-6-12-19(17)21(15)20;1-3-7-15-12(5-1)9-10-14-11-13-6-2-4-8-16(13)17(14)15;1-3-7-14-12(5-1)9-10-16-15-8-4-2-6-13(15)11-17(14)16;1-2-6-13-11-17-15(9-12(13)5-1)10-14-7-3-4-8-16(14)17;1-3-7-12-10(5-1)9-11-6-2-4-8-13(11)12/h2*1-12H,13H2;2*1-10H,11H2;1-9,11H,10H2;1-8H,9H2. The van der Waals surface area contributed by atoms with Gasteiger partial charge in [-0.25, -0.2) is 0 Å². The van der Waals surface area contributed by atoms with Crippen LogP contribution in [0.15, 0.2) is 376 Å². The molecule has 0 fully saturated rings. The molecule has 0 nitrogen and oxygen atoms in total. The van der Waals surface area contributed by atoms with Crippen LogP contribution in [0, 0.1) is 0 Å². The molecule has 0 saturated carbocycles. The number of hydrogen-bond donors (Lipinski definition) is 0. The first-order valence-electron chi connectivity index (χ1n) is 37.5. The molecule has 0 spiro atoms. The van der Waals surface area contributed by atoms with Crippen LogP contribution in [-0.4, -0.2) is 0 Å². The lowest BCUT2D eigenvalue weighted by Crippen LogP contribution is -1.87. The van der Waals surface area contributed by atoms with Crippen LogP contribution in [0.4, 0.5) is 0 Å². The summed E-state index contributed by atoms with van der Waals surface area (Å²) in [5.41, 5.74) is 34.6. The largest absolute Gasteiger partial charge is 0.0619 e. The van der Waals surface area contributed by atoms with Gasteiger partial charge in [0.2, 0.25) is 0 Å². The lowest BCUT2D eigenvalue weighted by atomic mass is 9.92. The summed E-state index contributed by atoms with van der Waals surface area (Å²) in [6.07, 6.45) is 6.44. The van der Waals surface area contributed by atoms with Crippen LogP contribution in [0.2, 0.25) is 0 Å². The predicted octanol–water partition coefficient (Wildman–Crippen LogP) is 27.6. The minimum absolute atomic E-state index is 1.05. The summed E-state index contributed by atoms with van der Waals surface area (Å²) in [6, 6.07) is 136. The van der Waals surface area contributed by atoms with E-state index in [1.165, 1.54) is 209 Å². The van der Waals surface area contributed by atoms with Gasteiger partial charge >= 0.3 is 0 Å². The van der Waals surface area contributed by atoms with Crippen molar-refractivity contribution >= 4 is 75.4 Å². The van der Waals surface area contributed by atoms with Gasteiger partial charge in [0.25, 0.3) is 0 Å². The van der Waals surface area contributed by atoms with Gasteiger partial charge in [0.1, 0.15) is 0 Å². The van der Waals surface area contributed by atoms with Crippen molar-refractivity contribution in [1.82, 2.24) is 0 Å². The van der Waals surface area contributed by atoms with Crippen molar-refractivity contribution < 1.29 is 0 Å². The number of fused-ring (bicyclic) bond motifs is 32. The lowest BCUT2D eigenvalue weighted by molar-refractivity contribution is 1.26. The Hall–Kier alpha value is -13.0. The average molecular weight is 1350 g/mol. The van der Waals surface area contributed by atoms with Crippen LogP contribution >= 0.6 is 0 Å². The van der Waals surface area contributed by atoms with E-state index in [0.717, 1.165) is 38.5 Å². The van der Waals surface area contributed by atoms with Crippen LogP contribution < -0.4 is 0 Å². The second kappa shape index (κ2) is 26.7.